The predicted molar refractivity (Wildman–Crippen MR) is 97.8 cm³/mol. The van der Waals surface area contributed by atoms with Crippen molar-refractivity contribution in [1.82, 2.24) is 0 Å². The van der Waals surface area contributed by atoms with Gasteiger partial charge in [0.2, 0.25) is 0 Å². The Kier molecular flexibility index (Phi) is 4.13. The molecule has 0 aromatic heterocycles. The van der Waals surface area contributed by atoms with Crippen LogP contribution in [0.4, 0.5) is 0 Å². The van der Waals surface area contributed by atoms with Gasteiger partial charge in [-0.2, -0.15) is 0 Å². The molecule has 1 saturated carbocycles. The van der Waals surface area contributed by atoms with Gasteiger partial charge in [0.15, 0.2) is 0 Å². The van der Waals surface area contributed by atoms with Crippen molar-refractivity contribution >= 4 is 10.8 Å². The number of benzene rings is 2. The first-order valence-corrected chi connectivity index (χ1v) is 9.17. The second kappa shape index (κ2) is 6.19. The Bertz CT molecular complexity index is 813. The monoisotopic (exact) mass is 342 g/mol. The van der Waals surface area contributed by atoms with Crippen LogP contribution < -0.4 is 9.47 Å². The third kappa shape index (κ3) is 2.51. The molecule has 4 rings (SSSR count). The minimum atomic E-state index is 0.00499. The lowest BCUT2D eigenvalue weighted by Gasteiger charge is -2.30. The lowest BCUT2D eigenvalue weighted by molar-refractivity contribution is 0.197. The normalized spacial score (nSPS) is 23.9. The summed E-state index contributed by atoms with van der Waals surface area (Å²) < 4.78 is 12.1. The molecule has 4 nitrogen and oxygen atoms in total. The van der Waals surface area contributed by atoms with Gasteiger partial charge >= 0.3 is 0 Å². The summed E-state index contributed by atoms with van der Waals surface area (Å²) in [5.74, 6) is 2.34. The van der Waals surface area contributed by atoms with Gasteiger partial charge in [0.25, 0.3) is 0 Å². The summed E-state index contributed by atoms with van der Waals surface area (Å²) >= 11 is 0. The molecular formula is C21H26O4. The van der Waals surface area contributed by atoms with Crippen molar-refractivity contribution < 1.29 is 19.7 Å². The molecule has 2 aliphatic carbocycles. The molecule has 0 radical (unpaired) electrons. The molecule has 2 N–H and O–H groups in total. The third-order valence-electron chi connectivity index (χ3n) is 5.83. The molecule has 2 aliphatic rings. The number of rotatable bonds is 6. The maximum Gasteiger partial charge on any atom is 0.131 e. The minimum absolute atomic E-state index is 0.00499. The largest absolute Gasteiger partial charge is 0.490 e. The molecule has 0 spiro atoms. The van der Waals surface area contributed by atoms with Crippen LogP contribution in [0.25, 0.3) is 10.8 Å². The van der Waals surface area contributed by atoms with Gasteiger partial charge in [0.1, 0.15) is 24.7 Å². The van der Waals surface area contributed by atoms with Crippen LogP contribution in [0.1, 0.15) is 48.8 Å². The van der Waals surface area contributed by atoms with Gasteiger partial charge in [-0.1, -0.05) is 24.6 Å². The van der Waals surface area contributed by atoms with E-state index in [1.165, 1.54) is 23.1 Å². The van der Waals surface area contributed by atoms with E-state index in [1.54, 1.807) is 0 Å². The topological polar surface area (TPSA) is 58.9 Å². The average molecular weight is 342 g/mol. The molecule has 2 aromatic carbocycles. The predicted octanol–water partition coefficient (Wildman–Crippen LogP) is 3.43. The van der Waals surface area contributed by atoms with Gasteiger partial charge in [-0.05, 0) is 43.6 Å². The fraction of sp³-hybridized carbons (Fsp3) is 0.524. The molecule has 25 heavy (non-hydrogen) atoms. The number of hydrogen-bond donors (Lipinski definition) is 2. The Balaban J connectivity index is 2.03. The minimum Gasteiger partial charge on any atom is -0.490 e. The quantitative estimate of drug-likeness (QED) is 0.844. The van der Waals surface area contributed by atoms with Crippen molar-refractivity contribution in [2.24, 2.45) is 0 Å². The highest BCUT2D eigenvalue weighted by atomic mass is 16.5. The molecule has 2 bridgehead atoms. The number of aliphatic hydroxyl groups excluding tert-OH is 2. The fourth-order valence-electron chi connectivity index (χ4n) is 4.86. The van der Waals surface area contributed by atoms with Crippen LogP contribution in [0.15, 0.2) is 18.2 Å². The van der Waals surface area contributed by atoms with Crippen LogP contribution in [0.3, 0.4) is 0 Å². The highest BCUT2D eigenvalue weighted by molar-refractivity contribution is 5.98. The molecular weight excluding hydrogens is 316 g/mol. The SMILES string of the molecule is Cc1ccc2c(OCCO)c3c(c(OCCO)c2c1)C1CCC3(C)C1. The standard InChI is InChI=1S/C21H26O4/c1-13-3-4-15-16(11-13)19(24-9-7-22)17-14-5-6-21(2,12-14)18(17)20(15)25-10-8-23/h3-4,11,14,22-23H,5-10,12H2,1-2H3. The van der Waals surface area contributed by atoms with Crippen molar-refractivity contribution in [2.75, 3.05) is 26.4 Å². The average Bonchev–Trinajstić information content (AvgIpc) is 3.12. The zero-order valence-electron chi connectivity index (χ0n) is 15.0. The molecule has 0 amide bonds. The molecule has 4 heteroatoms. The Morgan fingerprint density at radius 1 is 1.08 bits per heavy atom. The first-order chi connectivity index (χ1) is 12.1. The number of hydrogen-bond acceptors (Lipinski definition) is 4. The number of aryl methyl sites for hydroxylation is 1. The van der Waals surface area contributed by atoms with E-state index < -0.39 is 0 Å². The first kappa shape index (κ1) is 16.7. The second-order valence-electron chi connectivity index (χ2n) is 7.64. The molecule has 2 aromatic rings. The van der Waals surface area contributed by atoms with Gasteiger partial charge in [0, 0.05) is 21.9 Å². The summed E-state index contributed by atoms with van der Waals surface area (Å²) in [4.78, 5) is 0. The molecule has 134 valence electrons. The van der Waals surface area contributed by atoms with Gasteiger partial charge < -0.3 is 19.7 Å². The van der Waals surface area contributed by atoms with Crippen molar-refractivity contribution in [2.45, 2.75) is 44.4 Å². The zero-order valence-corrected chi connectivity index (χ0v) is 15.0. The molecule has 0 aliphatic heterocycles. The summed E-state index contributed by atoms with van der Waals surface area (Å²) in [5, 5.41) is 20.7. The maximum atomic E-state index is 9.28. The zero-order chi connectivity index (χ0) is 17.6. The number of ether oxygens (including phenoxy) is 2. The van der Waals surface area contributed by atoms with E-state index in [1.807, 2.05) is 0 Å². The highest BCUT2D eigenvalue weighted by Crippen LogP contribution is 2.63. The van der Waals surface area contributed by atoms with Crippen molar-refractivity contribution in [3.63, 3.8) is 0 Å². The fourth-order valence-corrected chi connectivity index (χ4v) is 4.86. The van der Waals surface area contributed by atoms with Crippen LogP contribution in [-0.2, 0) is 5.41 Å². The second-order valence-corrected chi connectivity index (χ2v) is 7.64. The van der Waals surface area contributed by atoms with Crippen molar-refractivity contribution in [3.8, 4) is 11.5 Å². The van der Waals surface area contributed by atoms with Crippen molar-refractivity contribution in [3.05, 3.63) is 34.9 Å². The molecule has 2 atom stereocenters. The number of fused-ring (bicyclic) bond motifs is 6. The lowest BCUT2D eigenvalue weighted by Crippen LogP contribution is -2.19. The lowest BCUT2D eigenvalue weighted by atomic mass is 9.78. The van der Waals surface area contributed by atoms with E-state index in [2.05, 4.69) is 32.0 Å². The van der Waals surface area contributed by atoms with E-state index in [0.717, 1.165) is 35.1 Å². The Hall–Kier alpha value is -1.78. The summed E-state index contributed by atoms with van der Waals surface area (Å²) in [6, 6.07) is 6.33. The Labute approximate surface area is 148 Å². The van der Waals surface area contributed by atoms with Gasteiger partial charge in [0.05, 0.1) is 13.2 Å². The van der Waals surface area contributed by atoms with Crippen LogP contribution in [0.5, 0.6) is 11.5 Å². The van der Waals surface area contributed by atoms with Crippen molar-refractivity contribution in [1.29, 1.82) is 0 Å². The molecule has 0 heterocycles. The highest BCUT2D eigenvalue weighted by Gasteiger charge is 2.50. The number of aliphatic hydroxyl groups is 2. The molecule has 2 unspecified atom stereocenters. The van der Waals surface area contributed by atoms with E-state index in [-0.39, 0.29) is 18.6 Å². The van der Waals surface area contributed by atoms with Gasteiger partial charge in [-0.25, -0.2) is 0 Å². The first-order valence-electron chi connectivity index (χ1n) is 9.17. The van der Waals surface area contributed by atoms with E-state index in [4.69, 9.17) is 9.47 Å². The third-order valence-corrected chi connectivity index (χ3v) is 5.83. The van der Waals surface area contributed by atoms with Crippen LogP contribution >= 0.6 is 0 Å². The summed E-state index contributed by atoms with van der Waals surface area (Å²) in [6.07, 6.45) is 3.47. The molecule has 1 fully saturated rings. The Morgan fingerprint density at radius 2 is 1.80 bits per heavy atom. The maximum absolute atomic E-state index is 9.28. The van der Waals surface area contributed by atoms with E-state index in [9.17, 15) is 10.2 Å². The van der Waals surface area contributed by atoms with Gasteiger partial charge in [-0.15, -0.1) is 0 Å². The van der Waals surface area contributed by atoms with E-state index in [0.29, 0.717) is 19.1 Å². The summed E-state index contributed by atoms with van der Waals surface area (Å²) in [5.41, 5.74) is 3.82. The summed E-state index contributed by atoms with van der Waals surface area (Å²) in [6.45, 7) is 5.01. The van der Waals surface area contributed by atoms with E-state index >= 15 is 0 Å². The Morgan fingerprint density at radius 3 is 2.52 bits per heavy atom. The van der Waals surface area contributed by atoms with Crippen LogP contribution in [0, 0.1) is 6.92 Å². The summed E-state index contributed by atoms with van der Waals surface area (Å²) in [7, 11) is 0. The smallest absolute Gasteiger partial charge is 0.131 e. The molecule has 0 saturated heterocycles. The van der Waals surface area contributed by atoms with Crippen LogP contribution in [0.2, 0.25) is 0 Å². The van der Waals surface area contributed by atoms with Gasteiger partial charge in [-0.3, -0.25) is 0 Å². The van der Waals surface area contributed by atoms with Crippen LogP contribution in [-0.4, -0.2) is 36.6 Å².